The van der Waals surface area contributed by atoms with Crippen molar-refractivity contribution >= 4 is 26.0 Å². The van der Waals surface area contributed by atoms with E-state index < -0.39 is 10.0 Å². The van der Waals surface area contributed by atoms with Gasteiger partial charge in [-0.1, -0.05) is 47.5 Å². The molecule has 4 nitrogen and oxygen atoms in total. The van der Waals surface area contributed by atoms with Crippen LogP contribution in [0.1, 0.15) is 25.3 Å². The van der Waals surface area contributed by atoms with Crippen molar-refractivity contribution in [3.63, 3.8) is 0 Å². The van der Waals surface area contributed by atoms with E-state index in [1.807, 2.05) is 24.3 Å². The molecule has 0 saturated carbocycles. The van der Waals surface area contributed by atoms with E-state index in [0.29, 0.717) is 12.4 Å². The number of ether oxygens (including phenoxy) is 1. The summed E-state index contributed by atoms with van der Waals surface area (Å²) >= 11 is 3.41. The topological polar surface area (TPSA) is 55.4 Å². The second-order valence-electron chi connectivity index (χ2n) is 5.09. The fourth-order valence-electron chi connectivity index (χ4n) is 1.95. The minimum atomic E-state index is -3.54. The van der Waals surface area contributed by atoms with Gasteiger partial charge in [0.2, 0.25) is 10.0 Å². The highest BCUT2D eigenvalue weighted by Crippen LogP contribution is 2.19. The van der Waals surface area contributed by atoms with E-state index in [0.717, 1.165) is 22.9 Å². The van der Waals surface area contributed by atoms with Gasteiger partial charge in [-0.25, -0.2) is 13.1 Å². The number of halogens is 1. The Bertz CT molecular complexity index is 730. The minimum absolute atomic E-state index is 0.229. The van der Waals surface area contributed by atoms with Crippen LogP contribution >= 0.6 is 15.9 Å². The number of sulfonamides is 1. The lowest BCUT2D eigenvalue weighted by Gasteiger charge is -2.09. The van der Waals surface area contributed by atoms with Gasteiger partial charge in [0.05, 0.1) is 11.5 Å². The predicted molar refractivity (Wildman–Crippen MR) is 95.0 cm³/mol. The fraction of sp³-hybridized carbons (Fsp3) is 0.294. The first-order valence-corrected chi connectivity index (χ1v) is 9.76. The van der Waals surface area contributed by atoms with E-state index >= 15 is 0 Å². The van der Waals surface area contributed by atoms with Crippen molar-refractivity contribution in [1.29, 1.82) is 0 Å². The summed E-state index contributed by atoms with van der Waals surface area (Å²) in [6, 6.07) is 14.0. The van der Waals surface area contributed by atoms with E-state index in [2.05, 4.69) is 27.6 Å². The van der Waals surface area contributed by atoms with E-state index in [9.17, 15) is 8.42 Å². The molecule has 2 aromatic rings. The molecule has 6 heteroatoms. The first kappa shape index (κ1) is 18.0. The summed E-state index contributed by atoms with van der Waals surface area (Å²) in [6.07, 6.45) is 2.04. The number of unbranched alkanes of at least 4 members (excludes halogenated alkanes) is 1. The van der Waals surface area contributed by atoms with Crippen molar-refractivity contribution < 1.29 is 13.2 Å². The molecule has 0 unspecified atom stereocenters. The van der Waals surface area contributed by atoms with Crippen molar-refractivity contribution in [1.82, 2.24) is 4.72 Å². The van der Waals surface area contributed by atoms with Gasteiger partial charge in [-0.15, -0.1) is 0 Å². The van der Waals surface area contributed by atoms with Gasteiger partial charge in [0, 0.05) is 11.0 Å². The van der Waals surface area contributed by atoms with Crippen molar-refractivity contribution in [3.05, 3.63) is 58.6 Å². The summed E-state index contributed by atoms with van der Waals surface area (Å²) in [5.41, 5.74) is 0.885. The number of nitrogens with one attached hydrogen (secondary N) is 1. The van der Waals surface area contributed by atoms with Crippen LogP contribution in [0.15, 0.2) is 57.9 Å². The van der Waals surface area contributed by atoms with Crippen LogP contribution < -0.4 is 9.46 Å². The van der Waals surface area contributed by atoms with E-state index in [4.69, 9.17) is 4.74 Å². The SMILES string of the molecule is CCCCOc1ccc(S(=O)(=O)NCc2ccccc2Br)cc1. The van der Waals surface area contributed by atoms with E-state index in [1.54, 1.807) is 24.3 Å². The Kier molecular flexibility index (Phi) is 6.62. The van der Waals surface area contributed by atoms with Crippen LogP contribution in [0.3, 0.4) is 0 Å². The Labute approximate surface area is 146 Å². The normalized spacial score (nSPS) is 11.4. The molecule has 124 valence electrons. The average molecular weight is 398 g/mol. The highest BCUT2D eigenvalue weighted by atomic mass is 79.9. The van der Waals surface area contributed by atoms with Crippen LogP contribution in [0.5, 0.6) is 5.75 Å². The van der Waals surface area contributed by atoms with E-state index in [-0.39, 0.29) is 11.4 Å². The van der Waals surface area contributed by atoms with Crippen LogP contribution in [0.4, 0.5) is 0 Å². The molecule has 1 N–H and O–H groups in total. The van der Waals surface area contributed by atoms with Crippen LogP contribution in [0.2, 0.25) is 0 Å². The molecular weight excluding hydrogens is 378 g/mol. The Balaban J connectivity index is 2.00. The lowest BCUT2D eigenvalue weighted by Crippen LogP contribution is -2.23. The van der Waals surface area contributed by atoms with Crippen molar-refractivity contribution in [3.8, 4) is 5.75 Å². The Morgan fingerprint density at radius 3 is 2.43 bits per heavy atom. The Morgan fingerprint density at radius 2 is 1.78 bits per heavy atom. The monoisotopic (exact) mass is 397 g/mol. The molecule has 0 aliphatic carbocycles. The Morgan fingerprint density at radius 1 is 1.09 bits per heavy atom. The molecule has 0 spiro atoms. The molecule has 0 bridgehead atoms. The van der Waals surface area contributed by atoms with Gasteiger partial charge in [-0.3, -0.25) is 0 Å². The van der Waals surface area contributed by atoms with Crippen LogP contribution in [-0.4, -0.2) is 15.0 Å². The van der Waals surface area contributed by atoms with Gasteiger partial charge in [0.15, 0.2) is 0 Å². The quantitative estimate of drug-likeness (QED) is 0.681. The molecule has 0 aliphatic rings. The standard InChI is InChI=1S/C17H20BrNO3S/c1-2-3-12-22-15-8-10-16(11-9-15)23(20,21)19-13-14-6-4-5-7-17(14)18/h4-11,19H,2-3,12-13H2,1H3. The molecule has 2 rings (SSSR count). The molecule has 0 heterocycles. The number of hydrogen-bond acceptors (Lipinski definition) is 3. The van der Waals surface area contributed by atoms with Gasteiger partial charge in [-0.2, -0.15) is 0 Å². The number of rotatable bonds is 8. The smallest absolute Gasteiger partial charge is 0.240 e. The maximum atomic E-state index is 12.3. The highest BCUT2D eigenvalue weighted by Gasteiger charge is 2.14. The van der Waals surface area contributed by atoms with Crippen LogP contribution in [-0.2, 0) is 16.6 Å². The zero-order valence-corrected chi connectivity index (χ0v) is 15.4. The molecular formula is C17H20BrNO3S. The van der Waals surface area contributed by atoms with Gasteiger partial charge >= 0.3 is 0 Å². The maximum absolute atomic E-state index is 12.3. The van der Waals surface area contributed by atoms with E-state index in [1.165, 1.54) is 0 Å². The largest absolute Gasteiger partial charge is 0.494 e. The average Bonchev–Trinajstić information content (AvgIpc) is 2.55. The molecule has 0 aliphatic heterocycles. The summed E-state index contributed by atoms with van der Waals surface area (Å²) in [5.74, 6) is 0.684. The molecule has 0 fully saturated rings. The molecule has 0 amide bonds. The van der Waals surface area contributed by atoms with Crippen LogP contribution in [0, 0.1) is 0 Å². The molecule has 23 heavy (non-hydrogen) atoms. The third-order valence-corrected chi connectivity index (χ3v) is 5.50. The van der Waals surface area contributed by atoms with Gasteiger partial charge in [-0.05, 0) is 42.3 Å². The second kappa shape index (κ2) is 8.47. The summed E-state index contributed by atoms with van der Waals surface area (Å²) in [6.45, 7) is 2.97. The first-order chi connectivity index (χ1) is 11.0. The third-order valence-electron chi connectivity index (χ3n) is 3.31. The zero-order chi connectivity index (χ0) is 16.7. The van der Waals surface area contributed by atoms with Crippen molar-refractivity contribution in [2.24, 2.45) is 0 Å². The van der Waals surface area contributed by atoms with Crippen LogP contribution in [0.25, 0.3) is 0 Å². The lowest BCUT2D eigenvalue weighted by atomic mass is 10.2. The fourth-order valence-corrected chi connectivity index (χ4v) is 3.38. The zero-order valence-electron chi connectivity index (χ0n) is 13.0. The van der Waals surface area contributed by atoms with Crippen molar-refractivity contribution in [2.75, 3.05) is 6.61 Å². The highest BCUT2D eigenvalue weighted by molar-refractivity contribution is 9.10. The minimum Gasteiger partial charge on any atom is -0.494 e. The maximum Gasteiger partial charge on any atom is 0.240 e. The second-order valence-corrected chi connectivity index (χ2v) is 7.71. The third kappa shape index (κ3) is 5.34. The summed E-state index contributed by atoms with van der Waals surface area (Å²) < 4.78 is 33.7. The molecule has 0 saturated heterocycles. The first-order valence-electron chi connectivity index (χ1n) is 7.49. The molecule has 0 aromatic heterocycles. The molecule has 0 radical (unpaired) electrons. The van der Waals surface area contributed by atoms with Gasteiger partial charge < -0.3 is 4.74 Å². The number of hydrogen-bond donors (Lipinski definition) is 1. The van der Waals surface area contributed by atoms with Gasteiger partial charge in [0.25, 0.3) is 0 Å². The molecule has 0 atom stereocenters. The predicted octanol–water partition coefficient (Wildman–Crippen LogP) is 4.11. The Hall–Kier alpha value is -1.37. The summed E-state index contributed by atoms with van der Waals surface area (Å²) in [5, 5.41) is 0. The number of benzene rings is 2. The lowest BCUT2D eigenvalue weighted by molar-refractivity contribution is 0.309. The summed E-state index contributed by atoms with van der Waals surface area (Å²) in [7, 11) is -3.54. The molecule has 2 aromatic carbocycles. The van der Waals surface area contributed by atoms with Crippen molar-refractivity contribution in [2.45, 2.75) is 31.2 Å². The van der Waals surface area contributed by atoms with Gasteiger partial charge in [0.1, 0.15) is 5.75 Å². The summed E-state index contributed by atoms with van der Waals surface area (Å²) in [4.78, 5) is 0.229.